The molecule has 2 aliphatic rings. The number of carbonyl (C=O) groups is 1. The van der Waals surface area contributed by atoms with E-state index in [1.165, 1.54) is 11.1 Å². The Morgan fingerprint density at radius 1 is 0.774 bits per heavy atom. The highest BCUT2D eigenvalue weighted by molar-refractivity contribution is 5.83. The molecule has 1 heterocycles. The van der Waals surface area contributed by atoms with E-state index < -0.39 is 0 Å². The highest BCUT2D eigenvalue weighted by Gasteiger charge is 2.46. The lowest BCUT2D eigenvalue weighted by Gasteiger charge is -2.40. The molecule has 4 heteroatoms. The zero-order valence-electron chi connectivity index (χ0n) is 17.6. The van der Waals surface area contributed by atoms with E-state index in [-0.39, 0.29) is 23.6 Å². The highest BCUT2D eigenvalue weighted by atomic mass is 16.3. The normalized spacial score (nSPS) is 21.3. The number of amides is 1. The Balaban J connectivity index is 1.25. The van der Waals surface area contributed by atoms with E-state index in [4.69, 9.17) is 0 Å². The Hall–Kier alpha value is -3.11. The maximum Gasteiger partial charge on any atom is 0.226 e. The average Bonchev–Trinajstić information content (AvgIpc) is 3.62. The number of phenols is 1. The molecule has 4 nitrogen and oxygen atoms in total. The second kappa shape index (κ2) is 8.56. The lowest BCUT2D eigenvalue weighted by atomic mass is 9.96. The van der Waals surface area contributed by atoms with Gasteiger partial charge in [0.1, 0.15) is 5.75 Å². The maximum absolute atomic E-state index is 13.1. The van der Waals surface area contributed by atoms with Crippen molar-refractivity contribution < 1.29 is 9.90 Å². The lowest BCUT2D eigenvalue weighted by molar-refractivity contribution is -0.134. The maximum atomic E-state index is 13.1. The summed E-state index contributed by atoms with van der Waals surface area (Å²) in [6.07, 6.45) is 0.917. The van der Waals surface area contributed by atoms with Gasteiger partial charge in [-0.2, -0.15) is 0 Å². The van der Waals surface area contributed by atoms with Crippen molar-refractivity contribution in [3.05, 3.63) is 102 Å². The molecular formula is C27H28N2O2. The van der Waals surface area contributed by atoms with Gasteiger partial charge in [0.25, 0.3) is 0 Å². The fourth-order valence-corrected chi connectivity index (χ4v) is 4.88. The van der Waals surface area contributed by atoms with Gasteiger partial charge in [0.05, 0.1) is 6.04 Å². The smallest absolute Gasteiger partial charge is 0.226 e. The number of phenolic OH excluding ortho intramolecular Hbond substituents is 1. The van der Waals surface area contributed by atoms with E-state index in [2.05, 4.69) is 70.5 Å². The molecule has 3 aromatic rings. The van der Waals surface area contributed by atoms with Crippen molar-refractivity contribution in [2.24, 2.45) is 5.92 Å². The molecular weight excluding hydrogens is 384 g/mol. The first-order valence-electron chi connectivity index (χ1n) is 11.1. The molecule has 0 spiro atoms. The van der Waals surface area contributed by atoms with Crippen molar-refractivity contribution in [3.63, 3.8) is 0 Å². The fraction of sp³-hybridized carbons (Fsp3) is 0.296. The average molecular weight is 413 g/mol. The van der Waals surface area contributed by atoms with Crippen LogP contribution in [0.1, 0.15) is 35.1 Å². The molecule has 2 atom stereocenters. The van der Waals surface area contributed by atoms with Crippen LogP contribution < -0.4 is 0 Å². The minimum absolute atomic E-state index is 0.0927. The molecule has 158 valence electrons. The molecule has 0 radical (unpaired) electrons. The molecule has 1 saturated carbocycles. The number of carbonyl (C=O) groups excluding carboxylic acids is 1. The molecule has 2 unspecified atom stereocenters. The van der Waals surface area contributed by atoms with E-state index in [9.17, 15) is 9.90 Å². The Morgan fingerprint density at radius 2 is 1.32 bits per heavy atom. The standard InChI is InChI=1S/C27H28N2O2/c30-23-13-11-20(12-14-23)24-19-25(24)27(31)29-17-15-28(16-18-29)26(21-7-3-1-4-8-21)22-9-5-2-6-10-22/h1-14,24-26,30H,15-19H2. The second-order valence-corrected chi connectivity index (χ2v) is 8.63. The molecule has 1 amide bonds. The molecule has 0 bridgehead atoms. The van der Waals surface area contributed by atoms with Crippen molar-refractivity contribution in [1.82, 2.24) is 9.80 Å². The van der Waals surface area contributed by atoms with Crippen LogP contribution in [-0.2, 0) is 4.79 Å². The summed E-state index contributed by atoms with van der Waals surface area (Å²) in [6.45, 7) is 3.29. The third-order valence-electron chi connectivity index (χ3n) is 6.65. The highest BCUT2D eigenvalue weighted by Crippen LogP contribution is 2.48. The Morgan fingerprint density at radius 3 is 1.87 bits per heavy atom. The van der Waals surface area contributed by atoms with Crippen LogP contribution in [0.3, 0.4) is 0 Å². The Kier molecular flexibility index (Phi) is 5.47. The minimum atomic E-state index is 0.0927. The van der Waals surface area contributed by atoms with E-state index in [0.717, 1.165) is 38.2 Å². The van der Waals surface area contributed by atoms with Crippen molar-refractivity contribution in [2.45, 2.75) is 18.4 Å². The predicted molar refractivity (Wildman–Crippen MR) is 122 cm³/mol. The summed E-state index contributed by atoms with van der Waals surface area (Å²) in [5.74, 6) is 0.950. The first-order valence-corrected chi connectivity index (χ1v) is 11.1. The number of piperazine rings is 1. The number of rotatable bonds is 5. The third kappa shape index (κ3) is 4.21. The SMILES string of the molecule is O=C(C1CC1c1ccc(O)cc1)N1CCN(C(c2ccccc2)c2ccccc2)CC1. The van der Waals surface area contributed by atoms with Gasteiger partial charge in [0, 0.05) is 32.1 Å². The van der Waals surface area contributed by atoms with Crippen LogP contribution >= 0.6 is 0 Å². The van der Waals surface area contributed by atoms with Crippen LogP contribution in [0.15, 0.2) is 84.9 Å². The first kappa shape index (κ1) is 19.8. The van der Waals surface area contributed by atoms with E-state index in [0.29, 0.717) is 5.92 Å². The van der Waals surface area contributed by atoms with E-state index >= 15 is 0 Å². The van der Waals surface area contributed by atoms with Crippen molar-refractivity contribution >= 4 is 5.91 Å². The molecule has 2 fully saturated rings. The first-order chi connectivity index (χ1) is 15.2. The zero-order chi connectivity index (χ0) is 21.2. The van der Waals surface area contributed by atoms with Crippen LogP contribution in [0.5, 0.6) is 5.75 Å². The molecule has 3 aromatic carbocycles. The number of aromatic hydroxyl groups is 1. The summed E-state index contributed by atoms with van der Waals surface area (Å²) in [5.41, 5.74) is 3.74. The van der Waals surface area contributed by atoms with Crippen molar-refractivity contribution in [1.29, 1.82) is 0 Å². The molecule has 1 aliphatic carbocycles. The second-order valence-electron chi connectivity index (χ2n) is 8.63. The summed E-state index contributed by atoms with van der Waals surface area (Å²) >= 11 is 0. The summed E-state index contributed by atoms with van der Waals surface area (Å²) in [7, 11) is 0. The molecule has 1 N–H and O–H groups in total. The number of hydrogen-bond donors (Lipinski definition) is 1. The molecule has 1 saturated heterocycles. The zero-order valence-corrected chi connectivity index (χ0v) is 17.6. The van der Waals surface area contributed by atoms with E-state index in [1.807, 2.05) is 12.1 Å². The van der Waals surface area contributed by atoms with Crippen LogP contribution in [-0.4, -0.2) is 47.0 Å². The van der Waals surface area contributed by atoms with Gasteiger partial charge in [-0.15, -0.1) is 0 Å². The molecule has 0 aromatic heterocycles. The quantitative estimate of drug-likeness (QED) is 0.674. The summed E-state index contributed by atoms with van der Waals surface area (Å²) < 4.78 is 0. The topological polar surface area (TPSA) is 43.8 Å². The van der Waals surface area contributed by atoms with Gasteiger partial charge in [-0.3, -0.25) is 9.69 Å². The molecule has 31 heavy (non-hydrogen) atoms. The largest absolute Gasteiger partial charge is 0.508 e. The van der Waals surface area contributed by atoms with Crippen molar-refractivity contribution in [2.75, 3.05) is 26.2 Å². The van der Waals surface area contributed by atoms with Gasteiger partial charge in [-0.05, 0) is 41.2 Å². The van der Waals surface area contributed by atoms with Crippen LogP contribution in [0.2, 0.25) is 0 Å². The summed E-state index contributed by atoms with van der Waals surface area (Å²) in [5, 5.41) is 9.49. The van der Waals surface area contributed by atoms with Crippen LogP contribution in [0.4, 0.5) is 0 Å². The lowest BCUT2D eigenvalue weighted by Crippen LogP contribution is -2.50. The van der Waals surface area contributed by atoms with Gasteiger partial charge >= 0.3 is 0 Å². The number of hydrogen-bond acceptors (Lipinski definition) is 3. The van der Waals surface area contributed by atoms with E-state index in [1.54, 1.807) is 12.1 Å². The third-order valence-corrected chi connectivity index (χ3v) is 6.65. The van der Waals surface area contributed by atoms with Crippen LogP contribution in [0, 0.1) is 5.92 Å². The van der Waals surface area contributed by atoms with Gasteiger partial charge < -0.3 is 10.0 Å². The molecule has 5 rings (SSSR count). The number of benzene rings is 3. The summed E-state index contributed by atoms with van der Waals surface area (Å²) in [6, 6.07) is 28.8. The molecule has 1 aliphatic heterocycles. The number of nitrogens with zero attached hydrogens (tertiary/aromatic N) is 2. The van der Waals surface area contributed by atoms with Crippen LogP contribution in [0.25, 0.3) is 0 Å². The minimum Gasteiger partial charge on any atom is -0.508 e. The predicted octanol–water partition coefficient (Wildman–Crippen LogP) is 4.43. The van der Waals surface area contributed by atoms with Gasteiger partial charge in [0.15, 0.2) is 0 Å². The van der Waals surface area contributed by atoms with Gasteiger partial charge in [0.2, 0.25) is 5.91 Å². The Labute approximate surface area is 183 Å². The van der Waals surface area contributed by atoms with Gasteiger partial charge in [-0.25, -0.2) is 0 Å². The van der Waals surface area contributed by atoms with Gasteiger partial charge in [-0.1, -0.05) is 72.8 Å². The van der Waals surface area contributed by atoms with Crippen molar-refractivity contribution in [3.8, 4) is 5.75 Å². The monoisotopic (exact) mass is 412 g/mol. The Bertz CT molecular complexity index is 973. The summed E-state index contributed by atoms with van der Waals surface area (Å²) in [4.78, 5) is 17.6. The fourth-order valence-electron chi connectivity index (χ4n) is 4.88.